The highest BCUT2D eigenvalue weighted by molar-refractivity contribution is 9.10. The van der Waals surface area contributed by atoms with Crippen LogP contribution < -0.4 is 4.74 Å². The first-order valence-electron chi connectivity index (χ1n) is 7.54. The monoisotopic (exact) mass is 225 g/mol. The van der Waals surface area contributed by atoms with Crippen molar-refractivity contribution in [1.29, 1.82) is 0 Å². The molecule has 0 bridgehead atoms. The summed E-state index contributed by atoms with van der Waals surface area (Å²) in [6.45, 7) is -6.71. The molecule has 0 aliphatic rings. The lowest BCUT2D eigenvalue weighted by atomic mass is 10.4. The highest BCUT2D eigenvalue weighted by Gasteiger charge is 1.96. The van der Waals surface area contributed by atoms with E-state index in [2.05, 4.69) is 25.7 Å². The molecule has 0 N–H and O–H groups in total. The van der Waals surface area contributed by atoms with E-state index in [0.29, 0.717) is 0 Å². The summed E-state index contributed by atoms with van der Waals surface area (Å²) in [7, 11) is 0. The molecule has 0 aromatic carbocycles. The summed E-state index contributed by atoms with van der Waals surface area (Å²) in [5, 5.41) is 0. The highest BCUT2D eigenvalue weighted by atomic mass is 79.9. The fraction of sp³-hybridized carbons (Fsp3) is 0.375. The third-order valence-corrected chi connectivity index (χ3v) is 1.11. The second-order valence-electron chi connectivity index (χ2n) is 1.52. The lowest BCUT2D eigenvalue weighted by Gasteiger charge is -2.07. The van der Waals surface area contributed by atoms with Crippen LogP contribution in [-0.2, 0) is 0 Å². The maximum Gasteiger partial charge on any atom is 0.213 e. The van der Waals surface area contributed by atoms with Crippen LogP contribution in [0.5, 0.6) is 5.88 Å². The number of ether oxygens (including phenoxy) is 1. The van der Waals surface area contributed by atoms with Gasteiger partial charge in [-0.3, -0.25) is 0 Å². The van der Waals surface area contributed by atoms with Gasteiger partial charge in [-0.05, 0) is 35.7 Å². The molecule has 0 saturated heterocycles. The Morgan fingerprint density at radius 3 is 3.36 bits per heavy atom. The molecule has 0 radical (unpaired) electrons. The van der Waals surface area contributed by atoms with Gasteiger partial charge in [0.2, 0.25) is 5.88 Å². The van der Waals surface area contributed by atoms with E-state index >= 15 is 0 Å². The van der Waals surface area contributed by atoms with E-state index in [1.807, 2.05) is 0 Å². The maximum atomic E-state index is 7.65. The fourth-order valence-corrected chi connectivity index (χ4v) is 0.597. The molecule has 0 amide bonds. The van der Waals surface area contributed by atoms with E-state index < -0.39 is 43.9 Å². The van der Waals surface area contributed by atoms with E-state index in [4.69, 9.17) is 13.7 Å². The second-order valence-corrected chi connectivity index (χ2v) is 2.32. The van der Waals surface area contributed by atoms with Gasteiger partial charge in [-0.1, -0.05) is 0 Å². The van der Waals surface area contributed by atoms with E-state index in [0.717, 1.165) is 0 Å². The number of pyridine rings is 1. The van der Waals surface area contributed by atoms with Crippen molar-refractivity contribution >= 4 is 15.9 Å². The maximum absolute atomic E-state index is 7.65. The minimum absolute atomic E-state index is 0.127. The first-order valence-corrected chi connectivity index (χ1v) is 3.34. The Balaban J connectivity index is 3.43. The van der Waals surface area contributed by atoms with Crippen LogP contribution >= 0.6 is 15.9 Å². The standard InChI is InChI=1S/C8H10BrNO/c1-6(2)11-8-4-3-7(9)5-10-8/h3-6H,1-2H3/i1D3,2D3,3D,4D,5D,6D. The summed E-state index contributed by atoms with van der Waals surface area (Å²) in [4.78, 5) is 3.42. The van der Waals surface area contributed by atoms with Crippen LogP contribution in [-0.4, -0.2) is 11.1 Å². The lowest BCUT2D eigenvalue weighted by Crippen LogP contribution is -2.06. The Labute approximate surface area is 88.8 Å². The average Bonchev–Trinajstić information content (AvgIpc) is 2.30. The van der Waals surface area contributed by atoms with Gasteiger partial charge in [0.05, 0.1) is 11.6 Å². The summed E-state index contributed by atoms with van der Waals surface area (Å²) >= 11 is 2.84. The largest absolute Gasteiger partial charge is 0.475 e. The molecule has 1 rings (SSSR count). The van der Waals surface area contributed by atoms with Crippen molar-refractivity contribution in [3.05, 3.63) is 22.7 Å². The number of hydrogen-bond acceptors (Lipinski definition) is 2. The van der Waals surface area contributed by atoms with E-state index in [9.17, 15) is 0 Å². The van der Waals surface area contributed by atoms with Crippen molar-refractivity contribution in [1.82, 2.24) is 4.98 Å². The average molecular weight is 226 g/mol. The van der Waals surface area contributed by atoms with Gasteiger partial charge in [0.15, 0.2) is 0 Å². The Bertz CT molecular complexity index is 539. The molecule has 0 atom stereocenters. The molecular formula is C8H10BrNO. The van der Waals surface area contributed by atoms with Crippen molar-refractivity contribution in [3.63, 3.8) is 0 Å². The number of rotatable bonds is 2. The van der Waals surface area contributed by atoms with Gasteiger partial charge in [0.1, 0.15) is 0 Å². The van der Waals surface area contributed by atoms with Gasteiger partial charge in [0.25, 0.3) is 0 Å². The minimum Gasteiger partial charge on any atom is -0.475 e. The van der Waals surface area contributed by atoms with Crippen molar-refractivity contribution in [2.45, 2.75) is 19.8 Å². The fourth-order valence-electron chi connectivity index (χ4n) is 0.409. The third-order valence-electron chi connectivity index (χ3n) is 0.734. The molecule has 0 aliphatic heterocycles. The molecule has 0 spiro atoms. The molecule has 2 nitrogen and oxygen atoms in total. The Morgan fingerprint density at radius 2 is 2.64 bits per heavy atom. The zero-order valence-corrected chi connectivity index (χ0v) is 6.82. The highest BCUT2D eigenvalue weighted by Crippen LogP contribution is 2.12. The molecule has 0 unspecified atom stereocenters. The van der Waals surface area contributed by atoms with Gasteiger partial charge in [-0.25, -0.2) is 4.98 Å². The van der Waals surface area contributed by atoms with Crippen LogP contribution in [0.15, 0.2) is 22.7 Å². The van der Waals surface area contributed by atoms with Gasteiger partial charge in [0, 0.05) is 24.9 Å². The van der Waals surface area contributed by atoms with Crippen LogP contribution in [0, 0.1) is 0 Å². The summed E-state index contributed by atoms with van der Waals surface area (Å²) in [6, 6.07) is -1.24. The lowest BCUT2D eigenvalue weighted by molar-refractivity contribution is 0.232. The predicted molar refractivity (Wildman–Crippen MR) is 47.7 cm³/mol. The molecule has 1 heterocycles. The van der Waals surface area contributed by atoms with Gasteiger partial charge >= 0.3 is 0 Å². The van der Waals surface area contributed by atoms with Crippen molar-refractivity contribution in [3.8, 4) is 5.88 Å². The van der Waals surface area contributed by atoms with E-state index in [1.165, 1.54) is 0 Å². The Morgan fingerprint density at radius 1 is 1.82 bits per heavy atom. The van der Waals surface area contributed by atoms with Crippen molar-refractivity contribution in [2.75, 3.05) is 0 Å². The van der Waals surface area contributed by atoms with Gasteiger partial charge in [-0.2, -0.15) is 0 Å². The minimum atomic E-state index is -3.37. The molecule has 11 heavy (non-hydrogen) atoms. The Hall–Kier alpha value is -0.570. The van der Waals surface area contributed by atoms with Crippen LogP contribution in [0.2, 0.25) is 0 Å². The smallest absolute Gasteiger partial charge is 0.213 e. The Kier molecular flexibility index (Phi) is 0.751. The topological polar surface area (TPSA) is 22.1 Å². The van der Waals surface area contributed by atoms with Crippen LogP contribution in [0.25, 0.3) is 0 Å². The molecule has 1 aromatic rings. The SMILES string of the molecule is [2H]c1nc(OC([2H])(C([2H])([2H])[2H])C([2H])([2H])[2H])c([2H])c([2H])c1Br. The zero-order chi connectivity index (χ0) is 16.8. The first kappa shape index (κ1) is 2.22. The molecule has 1 aromatic heterocycles. The van der Waals surface area contributed by atoms with Crippen LogP contribution in [0.4, 0.5) is 0 Å². The summed E-state index contributed by atoms with van der Waals surface area (Å²) in [6.07, 6.45) is -3.90. The van der Waals surface area contributed by atoms with E-state index in [-0.39, 0.29) is 4.47 Å². The number of halogens is 1. The van der Waals surface area contributed by atoms with Crippen molar-refractivity contribution in [2.24, 2.45) is 0 Å². The quantitative estimate of drug-likeness (QED) is 0.773. The van der Waals surface area contributed by atoms with E-state index in [1.54, 1.807) is 0 Å². The number of hydrogen-bond donors (Lipinski definition) is 0. The predicted octanol–water partition coefficient (Wildman–Crippen LogP) is 2.63. The molecule has 0 aliphatic carbocycles. The summed E-state index contributed by atoms with van der Waals surface area (Å²) in [5.74, 6) is -0.865. The third kappa shape index (κ3) is 2.89. The number of nitrogens with zero attached hydrogens (tertiary/aromatic N) is 1. The zero-order valence-electron chi connectivity index (χ0n) is 15.2. The van der Waals surface area contributed by atoms with Crippen LogP contribution in [0.1, 0.15) is 27.4 Å². The normalized spacial score (nSPS) is 26.6. The van der Waals surface area contributed by atoms with Gasteiger partial charge in [-0.15, -0.1) is 0 Å². The molecular weight excluding hydrogens is 206 g/mol. The second kappa shape index (κ2) is 3.72. The summed E-state index contributed by atoms with van der Waals surface area (Å²) < 4.78 is 77.8. The molecule has 3 heteroatoms. The van der Waals surface area contributed by atoms with Crippen LogP contribution in [0.3, 0.4) is 0 Å². The summed E-state index contributed by atoms with van der Waals surface area (Å²) in [5.41, 5.74) is 0. The first-order chi connectivity index (χ1) is 9.22. The molecule has 0 fully saturated rings. The van der Waals surface area contributed by atoms with Gasteiger partial charge < -0.3 is 4.74 Å². The number of aromatic nitrogens is 1. The van der Waals surface area contributed by atoms with Crippen molar-refractivity contribution < 1.29 is 18.4 Å². The molecule has 0 saturated carbocycles. The molecule has 60 valence electrons.